The van der Waals surface area contributed by atoms with Crippen molar-refractivity contribution in [3.63, 3.8) is 0 Å². The second kappa shape index (κ2) is 14.0. The van der Waals surface area contributed by atoms with E-state index in [0.29, 0.717) is 18.5 Å². The SMILES string of the molecule is CC(C)(C)C(CS(=O)(=O)Cc1ccccc1)NC(=O)N[C@H](C(=O)N1C[C@H]2[C@@H]([C@H]1C(=O)NC(CC1CCC1)C(=O)C(N)=O)C2(C)C)C(C)(C)C. The summed E-state index contributed by atoms with van der Waals surface area (Å²) < 4.78 is 26.4. The van der Waals surface area contributed by atoms with E-state index in [4.69, 9.17) is 5.73 Å². The smallest absolute Gasteiger partial charge is 0.315 e. The van der Waals surface area contributed by atoms with Crippen LogP contribution in [0.1, 0.15) is 86.6 Å². The van der Waals surface area contributed by atoms with E-state index in [0.717, 1.165) is 19.3 Å². The lowest BCUT2D eigenvalue weighted by molar-refractivity contribution is -0.145. The molecule has 0 radical (unpaired) electrons. The van der Waals surface area contributed by atoms with Gasteiger partial charge in [-0.15, -0.1) is 0 Å². The zero-order valence-corrected chi connectivity index (χ0v) is 31.0. The molecule has 4 rings (SSSR count). The molecule has 1 saturated heterocycles. The summed E-state index contributed by atoms with van der Waals surface area (Å²) in [6, 6.07) is 4.33. The molecule has 0 spiro atoms. The van der Waals surface area contributed by atoms with Gasteiger partial charge in [0.05, 0.1) is 17.5 Å². The Morgan fingerprint density at radius 2 is 1.55 bits per heavy atom. The average Bonchev–Trinajstić information content (AvgIpc) is 3.26. The van der Waals surface area contributed by atoms with Crippen LogP contribution < -0.4 is 21.7 Å². The molecular weight excluding hydrogens is 646 g/mol. The van der Waals surface area contributed by atoms with Gasteiger partial charge in [0, 0.05) is 12.6 Å². The molecule has 1 heterocycles. The van der Waals surface area contributed by atoms with E-state index in [-0.39, 0.29) is 34.7 Å². The van der Waals surface area contributed by atoms with Crippen molar-refractivity contribution in [3.05, 3.63) is 35.9 Å². The minimum atomic E-state index is -3.62. The molecule has 3 fully saturated rings. The zero-order valence-electron chi connectivity index (χ0n) is 30.2. The summed E-state index contributed by atoms with van der Waals surface area (Å²) >= 11 is 0. The number of carbonyl (C=O) groups excluding carboxylic acids is 5. The number of urea groups is 1. The van der Waals surface area contributed by atoms with E-state index >= 15 is 0 Å². The molecule has 2 saturated carbocycles. The highest BCUT2D eigenvalue weighted by molar-refractivity contribution is 7.90. The third-order valence-corrected chi connectivity index (χ3v) is 12.4. The van der Waals surface area contributed by atoms with Crippen molar-refractivity contribution >= 4 is 39.4 Å². The number of nitrogens with zero attached hydrogens (tertiary/aromatic N) is 1. The van der Waals surface area contributed by atoms with Crippen LogP contribution in [0.25, 0.3) is 0 Å². The summed E-state index contributed by atoms with van der Waals surface area (Å²) in [4.78, 5) is 68.0. The number of hydrogen-bond acceptors (Lipinski definition) is 7. The van der Waals surface area contributed by atoms with Gasteiger partial charge in [-0.1, -0.05) is 105 Å². The number of rotatable bonds is 13. The van der Waals surface area contributed by atoms with Gasteiger partial charge in [0.15, 0.2) is 9.84 Å². The van der Waals surface area contributed by atoms with Crippen LogP contribution in [-0.4, -0.2) is 79.3 Å². The number of nitrogens with one attached hydrogen (secondary N) is 3. The van der Waals surface area contributed by atoms with Crippen molar-refractivity contribution in [2.45, 2.75) is 111 Å². The van der Waals surface area contributed by atoms with Crippen molar-refractivity contribution in [1.82, 2.24) is 20.9 Å². The lowest BCUT2D eigenvalue weighted by atomic mass is 9.80. The van der Waals surface area contributed by atoms with Gasteiger partial charge in [0.2, 0.25) is 17.6 Å². The molecule has 3 aliphatic rings. The quantitative estimate of drug-likeness (QED) is 0.228. The van der Waals surface area contributed by atoms with Crippen LogP contribution in [0.4, 0.5) is 4.79 Å². The summed E-state index contributed by atoms with van der Waals surface area (Å²) in [7, 11) is -3.62. The minimum absolute atomic E-state index is 0.0404. The van der Waals surface area contributed by atoms with E-state index < -0.39 is 74.4 Å². The lowest BCUT2D eigenvalue weighted by Gasteiger charge is -2.39. The maximum atomic E-state index is 14.4. The van der Waals surface area contributed by atoms with Crippen LogP contribution in [0.15, 0.2) is 30.3 Å². The van der Waals surface area contributed by atoms with Crippen LogP contribution >= 0.6 is 0 Å². The predicted octanol–water partition coefficient (Wildman–Crippen LogP) is 2.94. The number of amides is 5. The number of piperidine rings is 1. The Labute approximate surface area is 291 Å². The largest absolute Gasteiger partial charge is 0.363 e. The van der Waals surface area contributed by atoms with Crippen molar-refractivity contribution in [2.75, 3.05) is 12.3 Å². The van der Waals surface area contributed by atoms with Crippen LogP contribution in [0.2, 0.25) is 0 Å². The number of primary amides is 1. The first kappa shape index (κ1) is 38.3. The Kier molecular flexibility index (Phi) is 11.0. The fourth-order valence-corrected chi connectivity index (χ4v) is 9.24. The highest BCUT2D eigenvalue weighted by atomic mass is 32.2. The first-order valence-corrected chi connectivity index (χ1v) is 19.1. The second-order valence-electron chi connectivity index (χ2n) is 17.1. The van der Waals surface area contributed by atoms with Gasteiger partial charge in [0.1, 0.15) is 12.1 Å². The summed E-state index contributed by atoms with van der Waals surface area (Å²) in [6.07, 6.45) is 3.14. The van der Waals surface area contributed by atoms with Crippen LogP contribution in [0.5, 0.6) is 0 Å². The Bertz CT molecular complexity index is 1540. The summed E-state index contributed by atoms with van der Waals surface area (Å²) in [5.41, 5.74) is 4.34. The number of likely N-dealkylation sites (tertiary alicyclic amines) is 1. The number of Topliss-reactive ketones (excluding diaryl/α,β-unsaturated/α-hetero) is 1. The molecule has 5 amide bonds. The maximum Gasteiger partial charge on any atom is 0.315 e. The average molecular weight is 702 g/mol. The molecule has 1 aliphatic heterocycles. The van der Waals surface area contributed by atoms with Crippen molar-refractivity contribution in [3.8, 4) is 0 Å². The fraction of sp³-hybridized carbons (Fsp3) is 0.694. The first-order valence-electron chi connectivity index (χ1n) is 17.3. The molecule has 5 N–H and O–H groups in total. The van der Waals surface area contributed by atoms with Gasteiger partial charge in [-0.05, 0) is 46.0 Å². The number of sulfone groups is 1. The van der Waals surface area contributed by atoms with Gasteiger partial charge < -0.3 is 26.6 Å². The number of ketones is 1. The molecule has 1 aromatic rings. The number of hydrogen-bond donors (Lipinski definition) is 4. The molecule has 272 valence electrons. The van der Waals surface area contributed by atoms with Gasteiger partial charge in [-0.2, -0.15) is 0 Å². The van der Waals surface area contributed by atoms with Crippen molar-refractivity contribution < 1.29 is 32.4 Å². The Morgan fingerprint density at radius 3 is 2.06 bits per heavy atom. The second-order valence-corrected chi connectivity index (χ2v) is 19.2. The van der Waals surface area contributed by atoms with E-state index in [1.807, 2.05) is 40.7 Å². The molecule has 49 heavy (non-hydrogen) atoms. The number of fused-ring (bicyclic) bond motifs is 1. The Hall–Kier alpha value is -3.48. The summed E-state index contributed by atoms with van der Waals surface area (Å²) in [5.74, 6) is -3.32. The van der Waals surface area contributed by atoms with Crippen molar-refractivity contribution in [1.29, 1.82) is 0 Å². The number of nitrogens with two attached hydrogens (primary N) is 1. The van der Waals surface area contributed by atoms with E-state index in [2.05, 4.69) is 16.0 Å². The first-order chi connectivity index (χ1) is 22.5. The zero-order chi connectivity index (χ0) is 36.7. The third-order valence-electron chi connectivity index (χ3n) is 10.8. The van der Waals surface area contributed by atoms with E-state index in [9.17, 15) is 32.4 Å². The standard InChI is InChI=1S/C36H55N5O7S/c1-34(2,3)25(20-49(47,48)19-22-13-10-9-11-14-22)39-33(46)40-29(35(4,5)6)32(45)41-18-23-26(36(23,7)8)27(41)31(44)38-24(28(42)30(37)43)17-21-15-12-16-21/h9-11,13-14,21,23-27,29H,12,15-20H2,1-8H3,(H2,37,43)(H,38,44)(H2,39,40,46)/t23-,24?,25?,26-,27-,29+/m0/s1. The molecule has 2 aliphatic carbocycles. The molecule has 12 nitrogen and oxygen atoms in total. The molecule has 6 atom stereocenters. The molecule has 0 bridgehead atoms. The van der Waals surface area contributed by atoms with Crippen molar-refractivity contribution in [2.24, 2.45) is 39.7 Å². The van der Waals surface area contributed by atoms with Crippen LogP contribution in [0, 0.1) is 34.0 Å². The Balaban J connectivity index is 1.52. The monoisotopic (exact) mass is 701 g/mol. The molecule has 2 unspecified atom stereocenters. The summed E-state index contributed by atoms with van der Waals surface area (Å²) in [5, 5.41) is 8.42. The topological polar surface area (TPSA) is 185 Å². The highest BCUT2D eigenvalue weighted by Crippen LogP contribution is 2.65. The third kappa shape index (κ3) is 9.01. The van der Waals surface area contributed by atoms with Gasteiger partial charge in [-0.3, -0.25) is 19.2 Å². The fourth-order valence-electron chi connectivity index (χ4n) is 7.33. The van der Waals surface area contributed by atoms with Gasteiger partial charge in [-0.25, -0.2) is 13.2 Å². The number of carbonyl (C=O) groups is 5. The minimum Gasteiger partial charge on any atom is -0.363 e. The van der Waals surface area contributed by atoms with E-state index in [1.54, 1.807) is 45.0 Å². The van der Waals surface area contributed by atoms with Crippen LogP contribution in [0.3, 0.4) is 0 Å². The van der Waals surface area contributed by atoms with Gasteiger partial charge in [0.25, 0.3) is 5.91 Å². The normalized spacial score (nSPS) is 23.7. The molecular formula is C36H55N5O7S. The predicted molar refractivity (Wildman–Crippen MR) is 186 cm³/mol. The van der Waals surface area contributed by atoms with E-state index in [1.165, 1.54) is 4.90 Å². The molecule has 13 heteroatoms. The van der Waals surface area contributed by atoms with Crippen LogP contribution in [-0.2, 0) is 34.8 Å². The lowest BCUT2D eigenvalue weighted by Crippen LogP contribution is -2.62. The molecule has 1 aromatic carbocycles. The van der Waals surface area contributed by atoms with Gasteiger partial charge >= 0.3 is 6.03 Å². The maximum absolute atomic E-state index is 14.4. The number of benzene rings is 1. The summed E-state index contributed by atoms with van der Waals surface area (Å²) in [6.45, 7) is 15.3. The Morgan fingerprint density at radius 1 is 0.939 bits per heavy atom. The highest BCUT2D eigenvalue weighted by Gasteiger charge is 2.70. The molecule has 0 aromatic heterocycles.